The number of ether oxygens (including phenoxy) is 2. The van der Waals surface area contributed by atoms with Crippen LogP contribution in [-0.2, 0) is 18.3 Å². The Labute approximate surface area is 207 Å². The molecule has 0 radical (unpaired) electrons. The lowest BCUT2D eigenvalue weighted by Gasteiger charge is -2.25. The van der Waals surface area contributed by atoms with Gasteiger partial charge in [0.2, 0.25) is 5.88 Å². The minimum absolute atomic E-state index is 0.341. The van der Waals surface area contributed by atoms with Crippen LogP contribution in [0.4, 0.5) is 0 Å². The van der Waals surface area contributed by atoms with Crippen molar-refractivity contribution in [3.63, 3.8) is 0 Å². The van der Waals surface area contributed by atoms with E-state index in [1.54, 1.807) is 4.68 Å². The van der Waals surface area contributed by atoms with Crippen molar-refractivity contribution < 1.29 is 14.6 Å². The molecule has 1 heterocycles. The van der Waals surface area contributed by atoms with E-state index in [1.807, 2.05) is 49.5 Å². The lowest BCUT2D eigenvalue weighted by Crippen LogP contribution is -2.36. The Bertz CT molecular complexity index is 1050. The predicted molar refractivity (Wildman–Crippen MR) is 135 cm³/mol. The highest BCUT2D eigenvalue weighted by Gasteiger charge is 2.33. The van der Waals surface area contributed by atoms with Gasteiger partial charge in [0, 0.05) is 43.4 Å². The van der Waals surface area contributed by atoms with E-state index in [1.165, 1.54) is 0 Å². The SMILES string of the molecule is CC(C)COC[C@H](O)CN(Cc1c(-c2ccccc2)nn(C)c1Oc1ccc(Cl)cc1)C1CC1. The van der Waals surface area contributed by atoms with E-state index in [9.17, 15) is 5.11 Å². The molecule has 34 heavy (non-hydrogen) atoms. The molecule has 1 aliphatic carbocycles. The summed E-state index contributed by atoms with van der Waals surface area (Å²) in [6, 6.07) is 18.0. The molecule has 4 rings (SSSR count). The van der Waals surface area contributed by atoms with Crippen LogP contribution in [0.15, 0.2) is 54.6 Å². The second-order valence-electron chi connectivity index (χ2n) is 9.42. The normalized spacial score (nSPS) is 14.7. The van der Waals surface area contributed by atoms with Gasteiger partial charge in [0.25, 0.3) is 0 Å². The standard InChI is InChI=1S/C27H34ClN3O3/c1-19(2)17-33-18-23(32)15-31(22-11-12-22)16-25-26(20-7-5-4-6-8-20)29-30(3)27(25)34-24-13-9-21(28)10-14-24/h4-10,13-14,19,22-23,32H,11-12,15-18H2,1-3H3/t23-/m1/s1. The Kier molecular flexibility index (Phi) is 8.27. The Morgan fingerprint density at radius 1 is 1.09 bits per heavy atom. The van der Waals surface area contributed by atoms with E-state index < -0.39 is 6.10 Å². The summed E-state index contributed by atoms with van der Waals surface area (Å²) in [5, 5.41) is 16.2. The summed E-state index contributed by atoms with van der Waals surface area (Å²) >= 11 is 6.06. The summed E-state index contributed by atoms with van der Waals surface area (Å²) in [5.74, 6) is 1.84. The lowest BCUT2D eigenvalue weighted by atomic mass is 10.1. The zero-order valence-electron chi connectivity index (χ0n) is 20.2. The quantitative estimate of drug-likeness (QED) is 0.367. The third-order valence-corrected chi connectivity index (χ3v) is 6.05. The van der Waals surface area contributed by atoms with E-state index in [0.717, 1.165) is 29.7 Å². The second kappa shape index (κ2) is 11.4. The molecular formula is C27H34ClN3O3. The Morgan fingerprint density at radius 2 is 1.79 bits per heavy atom. The Morgan fingerprint density at radius 3 is 2.44 bits per heavy atom. The van der Waals surface area contributed by atoms with Crippen LogP contribution in [-0.4, -0.2) is 51.7 Å². The Balaban J connectivity index is 1.60. The van der Waals surface area contributed by atoms with Crippen molar-refractivity contribution in [2.24, 2.45) is 13.0 Å². The number of hydrogen-bond donors (Lipinski definition) is 1. The van der Waals surface area contributed by atoms with Crippen molar-refractivity contribution in [1.29, 1.82) is 0 Å². The van der Waals surface area contributed by atoms with Crippen molar-refractivity contribution in [3.05, 3.63) is 65.2 Å². The first-order valence-corrected chi connectivity index (χ1v) is 12.3. The van der Waals surface area contributed by atoms with Gasteiger partial charge in [-0.05, 0) is 43.0 Å². The maximum Gasteiger partial charge on any atom is 0.222 e. The molecular weight excluding hydrogens is 450 g/mol. The molecule has 6 nitrogen and oxygen atoms in total. The highest BCUT2D eigenvalue weighted by Crippen LogP contribution is 2.37. The number of rotatable bonds is 12. The minimum atomic E-state index is -0.545. The molecule has 3 aromatic rings. The molecule has 0 bridgehead atoms. The molecule has 1 aliphatic rings. The highest BCUT2D eigenvalue weighted by atomic mass is 35.5. The molecule has 1 N–H and O–H groups in total. The summed E-state index contributed by atoms with van der Waals surface area (Å²) in [6.07, 6.45) is 1.72. The van der Waals surface area contributed by atoms with Crippen LogP contribution in [0.2, 0.25) is 5.02 Å². The van der Waals surface area contributed by atoms with Crippen LogP contribution in [0.3, 0.4) is 0 Å². The van der Waals surface area contributed by atoms with Crippen LogP contribution >= 0.6 is 11.6 Å². The third-order valence-electron chi connectivity index (χ3n) is 5.79. The zero-order chi connectivity index (χ0) is 24.1. The number of aliphatic hydroxyl groups excluding tert-OH is 1. The number of nitrogens with zero attached hydrogens (tertiary/aromatic N) is 3. The first-order chi connectivity index (χ1) is 16.4. The van der Waals surface area contributed by atoms with Crippen LogP contribution < -0.4 is 4.74 Å². The summed E-state index contributed by atoms with van der Waals surface area (Å²) in [6.45, 7) is 6.39. The van der Waals surface area contributed by atoms with Gasteiger partial charge >= 0.3 is 0 Å². The van der Waals surface area contributed by atoms with Crippen molar-refractivity contribution >= 4 is 11.6 Å². The molecule has 1 saturated carbocycles. The number of aryl methyl sites for hydroxylation is 1. The van der Waals surface area contributed by atoms with Gasteiger partial charge in [0.15, 0.2) is 0 Å². The van der Waals surface area contributed by atoms with Crippen molar-refractivity contribution in [2.75, 3.05) is 19.8 Å². The number of aromatic nitrogens is 2. The molecule has 0 spiro atoms. The van der Waals surface area contributed by atoms with Gasteiger partial charge in [-0.25, -0.2) is 4.68 Å². The molecule has 2 aromatic carbocycles. The van der Waals surface area contributed by atoms with E-state index in [2.05, 4.69) is 30.9 Å². The number of benzene rings is 2. The summed E-state index contributed by atoms with van der Waals surface area (Å²) in [4.78, 5) is 2.33. The maximum absolute atomic E-state index is 10.7. The average molecular weight is 484 g/mol. The van der Waals surface area contributed by atoms with Crippen LogP contribution in [0, 0.1) is 5.92 Å². The average Bonchev–Trinajstić information content (AvgIpc) is 3.62. The largest absolute Gasteiger partial charge is 0.439 e. The van der Waals surface area contributed by atoms with E-state index in [4.69, 9.17) is 26.2 Å². The maximum atomic E-state index is 10.7. The summed E-state index contributed by atoms with van der Waals surface area (Å²) in [7, 11) is 1.90. The minimum Gasteiger partial charge on any atom is -0.439 e. The number of aliphatic hydroxyl groups is 1. The van der Waals surface area contributed by atoms with Crippen LogP contribution in [0.1, 0.15) is 32.3 Å². The van der Waals surface area contributed by atoms with Gasteiger partial charge < -0.3 is 14.6 Å². The van der Waals surface area contributed by atoms with Gasteiger partial charge in [-0.3, -0.25) is 4.90 Å². The molecule has 0 unspecified atom stereocenters. The van der Waals surface area contributed by atoms with Gasteiger partial charge in [-0.2, -0.15) is 5.10 Å². The fraction of sp³-hybridized carbons (Fsp3) is 0.444. The molecule has 1 fully saturated rings. The molecule has 0 amide bonds. The predicted octanol–water partition coefficient (Wildman–Crippen LogP) is 5.53. The summed E-state index contributed by atoms with van der Waals surface area (Å²) in [5.41, 5.74) is 2.93. The lowest BCUT2D eigenvalue weighted by molar-refractivity contribution is 0.00541. The van der Waals surface area contributed by atoms with E-state index >= 15 is 0 Å². The molecule has 7 heteroatoms. The van der Waals surface area contributed by atoms with Crippen LogP contribution in [0.25, 0.3) is 11.3 Å². The molecule has 0 saturated heterocycles. The fourth-order valence-corrected chi connectivity index (χ4v) is 4.14. The molecule has 182 valence electrons. The second-order valence-corrected chi connectivity index (χ2v) is 9.86. The molecule has 1 aromatic heterocycles. The van der Waals surface area contributed by atoms with Crippen molar-refractivity contribution in [2.45, 2.75) is 45.4 Å². The van der Waals surface area contributed by atoms with Gasteiger partial charge in [0.05, 0.1) is 18.3 Å². The first-order valence-electron chi connectivity index (χ1n) is 11.9. The first kappa shape index (κ1) is 24.7. The van der Waals surface area contributed by atoms with Gasteiger partial charge in [0.1, 0.15) is 11.4 Å². The number of halogens is 1. The zero-order valence-corrected chi connectivity index (χ0v) is 20.9. The van der Waals surface area contributed by atoms with E-state index in [0.29, 0.717) is 54.9 Å². The van der Waals surface area contributed by atoms with Crippen molar-refractivity contribution in [1.82, 2.24) is 14.7 Å². The fourth-order valence-electron chi connectivity index (χ4n) is 4.01. The monoisotopic (exact) mass is 483 g/mol. The summed E-state index contributed by atoms with van der Waals surface area (Å²) < 4.78 is 13.8. The highest BCUT2D eigenvalue weighted by molar-refractivity contribution is 6.30. The smallest absolute Gasteiger partial charge is 0.222 e. The third kappa shape index (κ3) is 6.60. The van der Waals surface area contributed by atoms with E-state index in [-0.39, 0.29) is 0 Å². The topological polar surface area (TPSA) is 59.8 Å². The molecule has 0 aliphatic heterocycles. The van der Waals surface area contributed by atoms with Gasteiger partial charge in [-0.15, -0.1) is 0 Å². The van der Waals surface area contributed by atoms with Gasteiger partial charge in [-0.1, -0.05) is 55.8 Å². The van der Waals surface area contributed by atoms with Crippen molar-refractivity contribution in [3.8, 4) is 22.9 Å². The number of hydrogen-bond acceptors (Lipinski definition) is 5. The Hall–Kier alpha value is -2.38. The van der Waals surface area contributed by atoms with Crippen LogP contribution in [0.5, 0.6) is 11.6 Å². The molecule has 1 atom stereocenters.